The Morgan fingerprint density at radius 3 is 2.89 bits per heavy atom. The summed E-state index contributed by atoms with van der Waals surface area (Å²) >= 11 is 0. The molecule has 1 aliphatic carbocycles. The Bertz CT molecular complexity index is 446. The molecule has 1 aromatic carbocycles. The van der Waals surface area contributed by atoms with Gasteiger partial charge in [-0.1, -0.05) is 0 Å². The van der Waals surface area contributed by atoms with Gasteiger partial charge in [0.25, 0.3) is 5.91 Å². The van der Waals surface area contributed by atoms with Crippen molar-refractivity contribution in [3.05, 3.63) is 29.6 Å². The lowest BCUT2D eigenvalue weighted by Crippen LogP contribution is -2.37. The number of aliphatic hydroxyl groups excluding tert-OH is 1. The number of hydrogen-bond acceptors (Lipinski definition) is 3. The molecule has 0 bridgehead atoms. The first-order chi connectivity index (χ1) is 8.58. The number of amides is 1. The maximum absolute atomic E-state index is 13.2. The Morgan fingerprint density at radius 2 is 2.28 bits per heavy atom. The number of halogens is 1. The lowest BCUT2D eigenvalue weighted by molar-refractivity contribution is -0.127. The number of benzene rings is 1. The van der Waals surface area contributed by atoms with Crippen LogP contribution in [0.2, 0.25) is 0 Å². The third kappa shape index (κ3) is 3.43. The second-order valence-electron chi connectivity index (χ2n) is 4.50. The highest BCUT2D eigenvalue weighted by Crippen LogP contribution is 2.20. The van der Waals surface area contributed by atoms with Gasteiger partial charge >= 0.3 is 0 Å². The van der Waals surface area contributed by atoms with Crippen molar-refractivity contribution in [3.8, 4) is 5.75 Å². The van der Waals surface area contributed by atoms with Crippen molar-refractivity contribution >= 4 is 5.91 Å². The summed E-state index contributed by atoms with van der Waals surface area (Å²) in [5, 5.41) is 11.8. The van der Waals surface area contributed by atoms with E-state index >= 15 is 0 Å². The topological polar surface area (TPSA) is 58.6 Å². The van der Waals surface area contributed by atoms with E-state index in [4.69, 9.17) is 9.84 Å². The summed E-state index contributed by atoms with van der Waals surface area (Å²) in [4.78, 5) is 11.7. The van der Waals surface area contributed by atoms with Gasteiger partial charge in [-0.25, -0.2) is 4.39 Å². The zero-order valence-corrected chi connectivity index (χ0v) is 10.1. The van der Waals surface area contributed by atoms with E-state index in [1.54, 1.807) is 6.92 Å². The summed E-state index contributed by atoms with van der Waals surface area (Å²) in [5.74, 6) is -0.448. The largest absolute Gasteiger partial charge is 0.481 e. The Labute approximate surface area is 105 Å². The molecule has 1 atom stereocenters. The van der Waals surface area contributed by atoms with E-state index in [2.05, 4.69) is 5.32 Å². The van der Waals surface area contributed by atoms with Crippen LogP contribution in [-0.2, 0) is 11.4 Å². The van der Waals surface area contributed by atoms with Gasteiger partial charge in [-0.2, -0.15) is 0 Å². The molecule has 18 heavy (non-hydrogen) atoms. The molecule has 0 aromatic heterocycles. The fourth-order valence-electron chi connectivity index (χ4n) is 1.58. The van der Waals surface area contributed by atoms with Crippen molar-refractivity contribution < 1.29 is 19.0 Å². The third-order valence-corrected chi connectivity index (χ3v) is 2.72. The average molecular weight is 253 g/mol. The molecule has 2 rings (SSSR count). The number of ether oxygens (including phenoxy) is 1. The van der Waals surface area contributed by atoms with E-state index in [0.29, 0.717) is 5.56 Å². The molecule has 2 N–H and O–H groups in total. The molecular formula is C13H16FNO3. The summed E-state index contributed by atoms with van der Waals surface area (Å²) in [6.07, 6.45) is 1.33. The maximum Gasteiger partial charge on any atom is 0.260 e. The van der Waals surface area contributed by atoms with Gasteiger partial charge in [0, 0.05) is 12.1 Å². The first kappa shape index (κ1) is 12.8. The van der Waals surface area contributed by atoms with Crippen molar-refractivity contribution in [3.63, 3.8) is 0 Å². The molecule has 1 aliphatic rings. The average Bonchev–Trinajstić information content (AvgIpc) is 3.11. The van der Waals surface area contributed by atoms with Crippen LogP contribution in [-0.4, -0.2) is 23.2 Å². The van der Waals surface area contributed by atoms with E-state index in [1.165, 1.54) is 18.2 Å². The van der Waals surface area contributed by atoms with Gasteiger partial charge in [-0.05, 0) is 37.5 Å². The Hall–Kier alpha value is -1.62. The number of hydrogen-bond donors (Lipinski definition) is 2. The van der Waals surface area contributed by atoms with Crippen LogP contribution < -0.4 is 10.1 Å². The summed E-state index contributed by atoms with van der Waals surface area (Å²) in [6, 6.07) is 4.20. The normalized spacial score (nSPS) is 16.2. The van der Waals surface area contributed by atoms with Crippen molar-refractivity contribution in [2.75, 3.05) is 0 Å². The van der Waals surface area contributed by atoms with Gasteiger partial charge in [0.05, 0.1) is 6.61 Å². The highest BCUT2D eigenvalue weighted by Gasteiger charge is 2.26. The zero-order valence-electron chi connectivity index (χ0n) is 10.1. The van der Waals surface area contributed by atoms with Crippen LogP contribution in [0.3, 0.4) is 0 Å². The first-order valence-corrected chi connectivity index (χ1v) is 5.96. The van der Waals surface area contributed by atoms with Gasteiger partial charge in [0.1, 0.15) is 11.6 Å². The molecule has 1 amide bonds. The highest BCUT2D eigenvalue weighted by atomic mass is 19.1. The number of carbonyl (C=O) groups excluding carboxylic acids is 1. The minimum atomic E-state index is -0.682. The molecule has 98 valence electrons. The number of carbonyl (C=O) groups is 1. The van der Waals surface area contributed by atoms with Crippen molar-refractivity contribution in [2.24, 2.45) is 0 Å². The molecule has 4 nitrogen and oxygen atoms in total. The smallest absolute Gasteiger partial charge is 0.260 e. The number of aliphatic hydroxyl groups is 1. The quantitative estimate of drug-likeness (QED) is 0.833. The van der Waals surface area contributed by atoms with Crippen molar-refractivity contribution in [1.29, 1.82) is 0 Å². The Balaban J connectivity index is 1.98. The minimum absolute atomic E-state index is 0.202. The van der Waals surface area contributed by atoms with E-state index in [1.807, 2.05) is 0 Å². The lowest BCUT2D eigenvalue weighted by Gasteiger charge is -2.15. The van der Waals surface area contributed by atoms with Crippen LogP contribution in [0.5, 0.6) is 5.75 Å². The van der Waals surface area contributed by atoms with Crippen LogP contribution in [0.15, 0.2) is 18.2 Å². The summed E-state index contributed by atoms with van der Waals surface area (Å²) < 4.78 is 18.6. The van der Waals surface area contributed by atoms with Crippen LogP contribution in [0.25, 0.3) is 0 Å². The van der Waals surface area contributed by atoms with E-state index in [0.717, 1.165) is 12.8 Å². The van der Waals surface area contributed by atoms with Crippen LogP contribution in [0, 0.1) is 5.82 Å². The summed E-state index contributed by atoms with van der Waals surface area (Å²) in [5.41, 5.74) is 0.416. The predicted octanol–water partition coefficient (Wildman–Crippen LogP) is 1.36. The van der Waals surface area contributed by atoms with Gasteiger partial charge in [-0.15, -0.1) is 0 Å². The number of rotatable bonds is 5. The maximum atomic E-state index is 13.2. The molecule has 1 saturated carbocycles. The fourth-order valence-corrected chi connectivity index (χ4v) is 1.58. The van der Waals surface area contributed by atoms with E-state index in [-0.39, 0.29) is 24.3 Å². The van der Waals surface area contributed by atoms with Crippen LogP contribution in [0.4, 0.5) is 4.39 Å². The molecule has 1 aromatic rings. The molecule has 0 heterocycles. The van der Waals surface area contributed by atoms with Gasteiger partial charge in [-0.3, -0.25) is 4.79 Å². The molecular weight excluding hydrogens is 237 g/mol. The predicted molar refractivity (Wildman–Crippen MR) is 63.6 cm³/mol. The van der Waals surface area contributed by atoms with Gasteiger partial charge < -0.3 is 15.2 Å². The Kier molecular flexibility index (Phi) is 3.81. The fraction of sp³-hybridized carbons (Fsp3) is 0.462. The van der Waals surface area contributed by atoms with E-state index in [9.17, 15) is 9.18 Å². The molecule has 0 radical (unpaired) electrons. The minimum Gasteiger partial charge on any atom is -0.481 e. The highest BCUT2D eigenvalue weighted by molar-refractivity contribution is 5.81. The molecule has 1 unspecified atom stereocenters. The molecule has 5 heteroatoms. The van der Waals surface area contributed by atoms with E-state index < -0.39 is 11.9 Å². The monoisotopic (exact) mass is 253 g/mol. The second kappa shape index (κ2) is 5.35. The van der Waals surface area contributed by atoms with Gasteiger partial charge in [0.15, 0.2) is 6.10 Å². The molecule has 0 aliphatic heterocycles. The van der Waals surface area contributed by atoms with Crippen molar-refractivity contribution in [1.82, 2.24) is 5.32 Å². The molecule has 1 fully saturated rings. The van der Waals surface area contributed by atoms with Crippen molar-refractivity contribution in [2.45, 2.75) is 38.5 Å². The molecule has 0 saturated heterocycles. The second-order valence-corrected chi connectivity index (χ2v) is 4.50. The summed E-state index contributed by atoms with van der Waals surface area (Å²) in [6.45, 7) is 1.35. The van der Waals surface area contributed by atoms with Gasteiger partial charge in [0.2, 0.25) is 0 Å². The Morgan fingerprint density at radius 1 is 1.56 bits per heavy atom. The SMILES string of the molecule is CC(Oc1cc(F)cc(CO)c1)C(=O)NC1CC1. The summed E-state index contributed by atoms with van der Waals surface area (Å²) in [7, 11) is 0. The molecule has 0 spiro atoms. The first-order valence-electron chi connectivity index (χ1n) is 5.96. The van der Waals surface area contributed by atoms with Crippen LogP contribution in [0.1, 0.15) is 25.3 Å². The lowest BCUT2D eigenvalue weighted by atomic mass is 10.2. The third-order valence-electron chi connectivity index (χ3n) is 2.72. The standard InChI is InChI=1S/C13H16FNO3/c1-8(13(17)15-11-2-3-11)18-12-5-9(7-16)4-10(14)6-12/h4-6,8,11,16H,2-3,7H2,1H3,(H,15,17). The van der Waals surface area contributed by atoms with Crippen LogP contribution >= 0.6 is 0 Å². The number of nitrogens with one attached hydrogen (secondary N) is 1. The zero-order chi connectivity index (χ0) is 13.1.